The molecular formula is C9H12FN3O4S2. The fourth-order valence-corrected chi connectivity index (χ4v) is 3.07. The van der Waals surface area contributed by atoms with Gasteiger partial charge in [-0.2, -0.15) is 13.1 Å². The lowest BCUT2D eigenvalue weighted by molar-refractivity contribution is 0.583. The monoisotopic (exact) mass is 309 g/mol. The molecule has 1 aliphatic carbocycles. The van der Waals surface area contributed by atoms with E-state index in [1.54, 1.807) is 0 Å². The molecule has 0 atom stereocenters. The van der Waals surface area contributed by atoms with Crippen molar-refractivity contribution in [3.63, 3.8) is 0 Å². The number of halogens is 1. The molecule has 0 saturated heterocycles. The Morgan fingerprint density at radius 1 is 1.21 bits per heavy atom. The van der Waals surface area contributed by atoms with Gasteiger partial charge in [0, 0.05) is 6.04 Å². The smallest absolute Gasteiger partial charge is 0.268 e. The number of hydrogen-bond donors (Lipinski definition) is 3. The Hall–Kier alpha value is -1.23. The zero-order valence-corrected chi connectivity index (χ0v) is 11.3. The maximum Gasteiger partial charge on any atom is 0.299 e. The summed E-state index contributed by atoms with van der Waals surface area (Å²) in [6, 6.07) is 2.46. The average Bonchev–Trinajstić information content (AvgIpc) is 3.02. The Labute approximate surface area is 110 Å². The van der Waals surface area contributed by atoms with E-state index in [1.807, 2.05) is 4.72 Å². The van der Waals surface area contributed by atoms with E-state index in [9.17, 15) is 21.2 Å². The third kappa shape index (κ3) is 3.86. The Balaban J connectivity index is 2.28. The van der Waals surface area contributed by atoms with Gasteiger partial charge in [-0.05, 0) is 31.0 Å². The number of rotatable bonds is 5. The molecule has 1 aliphatic rings. The summed E-state index contributed by atoms with van der Waals surface area (Å²) in [6.07, 6.45) is 1.45. The van der Waals surface area contributed by atoms with Crippen LogP contribution in [0.25, 0.3) is 0 Å². The van der Waals surface area contributed by atoms with Crippen LogP contribution < -0.4 is 14.6 Å². The summed E-state index contributed by atoms with van der Waals surface area (Å²) >= 11 is 0. The van der Waals surface area contributed by atoms with Crippen molar-refractivity contribution in [2.45, 2.75) is 23.8 Å². The fourth-order valence-electron chi connectivity index (χ4n) is 1.35. The van der Waals surface area contributed by atoms with Gasteiger partial charge in [-0.25, -0.2) is 17.9 Å². The predicted molar refractivity (Wildman–Crippen MR) is 66.5 cm³/mol. The molecule has 7 nitrogen and oxygen atoms in total. The fraction of sp³-hybridized carbons (Fsp3) is 0.333. The highest BCUT2D eigenvalue weighted by atomic mass is 32.2. The van der Waals surface area contributed by atoms with Gasteiger partial charge < -0.3 is 0 Å². The van der Waals surface area contributed by atoms with Crippen LogP contribution in [0.3, 0.4) is 0 Å². The average molecular weight is 309 g/mol. The molecule has 1 fully saturated rings. The van der Waals surface area contributed by atoms with Gasteiger partial charge in [0.2, 0.25) is 10.0 Å². The van der Waals surface area contributed by atoms with Gasteiger partial charge in [-0.15, -0.1) is 0 Å². The van der Waals surface area contributed by atoms with Crippen molar-refractivity contribution >= 4 is 25.9 Å². The molecule has 0 unspecified atom stereocenters. The van der Waals surface area contributed by atoms with Gasteiger partial charge in [-0.1, -0.05) is 0 Å². The molecule has 1 saturated carbocycles. The van der Waals surface area contributed by atoms with Gasteiger partial charge in [0.05, 0.1) is 10.6 Å². The van der Waals surface area contributed by atoms with Crippen LogP contribution in [-0.2, 0) is 20.2 Å². The number of sulfonamides is 1. The molecule has 2 rings (SSSR count). The van der Waals surface area contributed by atoms with Gasteiger partial charge in [0.25, 0.3) is 10.2 Å². The molecule has 0 heterocycles. The van der Waals surface area contributed by atoms with Crippen molar-refractivity contribution in [1.82, 2.24) is 4.72 Å². The minimum Gasteiger partial charge on any atom is -0.268 e. The molecule has 19 heavy (non-hydrogen) atoms. The van der Waals surface area contributed by atoms with Crippen LogP contribution in [0, 0.1) is 5.82 Å². The van der Waals surface area contributed by atoms with Crippen LogP contribution in [0.1, 0.15) is 12.8 Å². The Morgan fingerprint density at radius 3 is 2.37 bits per heavy atom. The van der Waals surface area contributed by atoms with Crippen molar-refractivity contribution in [3.05, 3.63) is 24.0 Å². The summed E-state index contributed by atoms with van der Waals surface area (Å²) in [5.41, 5.74) is -0.473. The van der Waals surface area contributed by atoms with Crippen LogP contribution in [0.2, 0.25) is 0 Å². The molecule has 0 bridgehead atoms. The van der Waals surface area contributed by atoms with E-state index in [-0.39, 0.29) is 10.9 Å². The Morgan fingerprint density at radius 2 is 1.84 bits per heavy atom. The second-order valence-corrected chi connectivity index (χ2v) is 7.19. The molecular weight excluding hydrogens is 297 g/mol. The largest absolute Gasteiger partial charge is 0.299 e. The highest BCUT2D eigenvalue weighted by Gasteiger charge is 2.27. The summed E-state index contributed by atoms with van der Waals surface area (Å²) in [4.78, 5) is -0.377. The summed E-state index contributed by atoms with van der Waals surface area (Å²) in [5, 5.41) is 4.89. The zero-order valence-electron chi connectivity index (χ0n) is 9.63. The standard InChI is InChI=1S/C9H12FN3O4S2/c10-8-4-3-7(18(11,14)15)5-9(8)13-19(16,17)12-6-1-2-6/h3-6,12-13H,1-2H2,(H2,11,14,15). The quantitative estimate of drug-likeness (QED) is 0.702. The summed E-state index contributed by atoms with van der Waals surface area (Å²) in [5.74, 6) is -0.895. The normalized spacial score (nSPS) is 16.3. The SMILES string of the molecule is NS(=O)(=O)c1ccc(F)c(NS(=O)(=O)NC2CC2)c1. The third-order valence-electron chi connectivity index (χ3n) is 2.41. The second kappa shape index (κ2) is 4.71. The summed E-state index contributed by atoms with van der Waals surface area (Å²) < 4.78 is 63.1. The van der Waals surface area contributed by atoms with Crippen molar-refractivity contribution in [2.24, 2.45) is 5.14 Å². The molecule has 0 amide bonds. The van der Waals surface area contributed by atoms with Crippen LogP contribution in [0.5, 0.6) is 0 Å². The summed E-state index contributed by atoms with van der Waals surface area (Å²) in [6.45, 7) is 0. The van der Waals surface area contributed by atoms with Gasteiger partial charge >= 0.3 is 0 Å². The van der Waals surface area contributed by atoms with E-state index < -0.39 is 31.7 Å². The third-order valence-corrected chi connectivity index (χ3v) is 4.45. The van der Waals surface area contributed by atoms with Gasteiger partial charge in [0.1, 0.15) is 5.82 Å². The molecule has 10 heteroatoms. The molecule has 106 valence electrons. The first-order valence-corrected chi connectivity index (χ1v) is 8.33. The maximum absolute atomic E-state index is 13.5. The van der Waals surface area contributed by atoms with E-state index in [0.29, 0.717) is 0 Å². The molecule has 1 aromatic rings. The molecule has 0 radical (unpaired) electrons. The number of nitrogens with one attached hydrogen (secondary N) is 2. The zero-order chi connectivity index (χ0) is 14.3. The summed E-state index contributed by atoms with van der Waals surface area (Å²) in [7, 11) is -7.96. The van der Waals surface area contributed by atoms with Crippen molar-refractivity contribution in [1.29, 1.82) is 0 Å². The lowest BCUT2D eigenvalue weighted by Crippen LogP contribution is -2.32. The molecule has 1 aromatic carbocycles. The molecule has 0 aliphatic heterocycles. The highest BCUT2D eigenvalue weighted by molar-refractivity contribution is 7.90. The van der Waals surface area contributed by atoms with Crippen LogP contribution in [-0.4, -0.2) is 22.9 Å². The first-order chi connectivity index (χ1) is 8.67. The molecule has 4 N–H and O–H groups in total. The van der Waals surface area contributed by atoms with E-state index in [1.165, 1.54) is 0 Å². The maximum atomic E-state index is 13.5. The molecule has 0 spiro atoms. The minimum atomic E-state index is -4.03. The van der Waals surface area contributed by atoms with Crippen molar-refractivity contribution in [2.75, 3.05) is 4.72 Å². The number of hydrogen-bond acceptors (Lipinski definition) is 4. The first kappa shape index (κ1) is 14.2. The second-order valence-electron chi connectivity index (χ2n) is 4.18. The lowest BCUT2D eigenvalue weighted by Gasteiger charge is -2.10. The number of anilines is 1. The topological polar surface area (TPSA) is 118 Å². The minimum absolute atomic E-state index is 0.151. The number of benzene rings is 1. The van der Waals surface area contributed by atoms with Gasteiger partial charge in [0.15, 0.2) is 0 Å². The Kier molecular flexibility index (Phi) is 3.51. The lowest BCUT2D eigenvalue weighted by atomic mass is 10.3. The number of nitrogens with two attached hydrogens (primary N) is 1. The highest BCUT2D eigenvalue weighted by Crippen LogP contribution is 2.22. The Bertz CT molecular complexity index is 698. The van der Waals surface area contributed by atoms with E-state index >= 15 is 0 Å². The van der Waals surface area contributed by atoms with Crippen LogP contribution in [0.15, 0.2) is 23.1 Å². The van der Waals surface area contributed by atoms with Crippen molar-refractivity contribution < 1.29 is 21.2 Å². The van der Waals surface area contributed by atoms with E-state index in [0.717, 1.165) is 31.0 Å². The van der Waals surface area contributed by atoms with Crippen molar-refractivity contribution in [3.8, 4) is 0 Å². The first-order valence-electron chi connectivity index (χ1n) is 5.30. The van der Waals surface area contributed by atoms with E-state index in [2.05, 4.69) is 4.72 Å². The van der Waals surface area contributed by atoms with E-state index in [4.69, 9.17) is 5.14 Å². The van der Waals surface area contributed by atoms with Crippen LogP contribution in [0.4, 0.5) is 10.1 Å². The number of primary sulfonamides is 1. The van der Waals surface area contributed by atoms with Gasteiger partial charge in [-0.3, -0.25) is 4.72 Å². The molecule has 0 aromatic heterocycles. The predicted octanol–water partition coefficient (Wildman–Crippen LogP) is -0.118. The van der Waals surface area contributed by atoms with Crippen LogP contribution >= 0.6 is 0 Å².